The number of pyridine rings is 1. The first-order chi connectivity index (χ1) is 8.58. The largest absolute Gasteiger partial charge is 0.364 e. The number of halogens is 1. The monoisotopic (exact) mass is 328 g/mol. The summed E-state index contributed by atoms with van der Waals surface area (Å²) in [5.41, 5.74) is 2.72. The van der Waals surface area contributed by atoms with E-state index < -0.39 is 4.92 Å². The van der Waals surface area contributed by atoms with E-state index >= 15 is 0 Å². The Kier molecular flexibility index (Phi) is 3.87. The Balaban J connectivity index is 2.11. The molecule has 8 heteroatoms. The topological polar surface area (TPSA) is 81.0 Å². The van der Waals surface area contributed by atoms with Crippen LogP contribution in [0.3, 0.4) is 0 Å². The van der Waals surface area contributed by atoms with E-state index in [0.29, 0.717) is 16.8 Å². The van der Waals surface area contributed by atoms with Crippen molar-refractivity contribution in [2.24, 2.45) is 0 Å². The quantitative estimate of drug-likeness (QED) is 0.688. The van der Waals surface area contributed by atoms with Crippen molar-refractivity contribution in [1.29, 1.82) is 0 Å². The number of aromatic nitrogens is 2. The van der Waals surface area contributed by atoms with Gasteiger partial charge in [0.1, 0.15) is 12.0 Å². The van der Waals surface area contributed by atoms with Crippen LogP contribution in [-0.2, 0) is 6.54 Å². The van der Waals surface area contributed by atoms with Crippen LogP contribution in [0.4, 0.5) is 11.5 Å². The van der Waals surface area contributed by atoms with Crippen LogP contribution in [0.5, 0.6) is 0 Å². The van der Waals surface area contributed by atoms with Crippen LogP contribution in [0.25, 0.3) is 0 Å². The molecule has 2 aromatic heterocycles. The van der Waals surface area contributed by atoms with E-state index in [4.69, 9.17) is 0 Å². The fraction of sp³-hybridized carbons (Fsp3) is 0.200. The van der Waals surface area contributed by atoms with Gasteiger partial charge in [-0.05, 0) is 22.9 Å². The van der Waals surface area contributed by atoms with E-state index in [0.717, 1.165) is 10.6 Å². The summed E-state index contributed by atoms with van der Waals surface area (Å²) in [7, 11) is 0. The zero-order chi connectivity index (χ0) is 13.1. The maximum atomic E-state index is 10.6. The van der Waals surface area contributed by atoms with Gasteiger partial charge in [0.25, 0.3) is 5.69 Å². The van der Waals surface area contributed by atoms with Crippen LogP contribution in [0.15, 0.2) is 22.2 Å². The number of rotatable bonds is 4. The molecule has 0 spiro atoms. The van der Waals surface area contributed by atoms with Crippen molar-refractivity contribution in [3.8, 4) is 0 Å². The van der Waals surface area contributed by atoms with Crippen molar-refractivity contribution in [1.82, 2.24) is 9.97 Å². The van der Waals surface area contributed by atoms with Crippen LogP contribution in [-0.4, -0.2) is 14.9 Å². The molecule has 0 saturated heterocycles. The predicted octanol–water partition coefficient (Wildman–Crippen LogP) is 3.13. The molecule has 0 amide bonds. The minimum atomic E-state index is -0.477. The molecule has 0 aromatic carbocycles. The van der Waals surface area contributed by atoms with Crippen molar-refractivity contribution in [2.75, 3.05) is 5.32 Å². The fourth-order valence-electron chi connectivity index (χ4n) is 1.32. The van der Waals surface area contributed by atoms with Gasteiger partial charge in [-0.2, -0.15) is 0 Å². The second-order valence-corrected chi connectivity index (χ2v) is 5.29. The van der Waals surface area contributed by atoms with Crippen molar-refractivity contribution >= 4 is 38.8 Å². The lowest BCUT2D eigenvalue weighted by Crippen LogP contribution is -2.02. The summed E-state index contributed by atoms with van der Waals surface area (Å²) < 4.78 is 0.568. The first kappa shape index (κ1) is 12.9. The van der Waals surface area contributed by atoms with E-state index in [2.05, 4.69) is 31.2 Å². The number of anilines is 1. The van der Waals surface area contributed by atoms with Gasteiger partial charge in [0, 0.05) is 10.9 Å². The number of hydrogen-bond acceptors (Lipinski definition) is 6. The smallest absolute Gasteiger partial charge is 0.288 e. The van der Waals surface area contributed by atoms with E-state index in [1.54, 1.807) is 16.8 Å². The molecule has 0 atom stereocenters. The maximum Gasteiger partial charge on any atom is 0.288 e. The van der Waals surface area contributed by atoms with Gasteiger partial charge in [-0.1, -0.05) is 0 Å². The molecule has 1 N–H and O–H groups in total. The summed E-state index contributed by atoms with van der Waals surface area (Å²) in [5.74, 6) is 0.577. The summed E-state index contributed by atoms with van der Waals surface area (Å²) in [6.45, 7) is 2.53. The summed E-state index contributed by atoms with van der Waals surface area (Å²) >= 11 is 4.81. The van der Waals surface area contributed by atoms with E-state index in [1.807, 2.05) is 6.92 Å². The highest BCUT2D eigenvalue weighted by atomic mass is 79.9. The third-order valence-electron chi connectivity index (χ3n) is 2.30. The lowest BCUT2D eigenvalue weighted by atomic mass is 10.3. The maximum absolute atomic E-state index is 10.6. The highest BCUT2D eigenvalue weighted by molar-refractivity contribution is 9.10. The molecule has 0 aliphatic carbocycles. The Labute approximate surface area is 115 Å². The summed E-state index contributed by atoms with van der Waals surface area (Å²) in [6.07, 6.45) is 1.23. The Morgan fingerprint density at radius 2 is 2.33 bits per heavy atom. The van der Waals surface area contributed by atoms with Crippen LogP contribution in [0, 0.1) is 17.0 Å². The van der Waals surface area contributed by atoms with Gasteiger partial charge in [0.05, 0.1) is 27.1 Å². The van der Waals surface area contributed by atoms with Gasteiger partial charge in [0.2, 0.25) is 0 Å². The predicted molar refractivity (Wildman–Crippen MR) is 72.8 cm³/mol. The lowest BCUT2D eigenvalue weighted by molar-refractivity contribution is -0.385. The normalized spacial score (nSPS) is 10.3. The van der Waals surface area contributed by atoms with Crippen LogP contribution >= 0.6 is 27.3 Å². The highest BCUT2D eigenvalue weighted by Gasteiger charge is 2.10. The molecule has 2 rings (SSSR count). The molecule has 0 fully saturated rings. The third-order valence-corrected chi connectivity index (χ3v) is 3.84. The highest BCUT2D eigenvalue weighted by Crippen LogP contribution is 2.25. The number of nitro groups is 1. The van der Waals surface area contributed by atoms with Gasteiger partial charge in [-0.25, -0.2) is 9.97 Å². The second-order valence-electron chi connectivity index (χ2n) is 3.50. The Morgan fingerprint density at radius 1 is 1.56 bits per heavy atom. The second kappa shape index (κ2) is 5.40. The molecule has 0 aliphatic rings. The fourth-order valence-corrected chi connectivity index (χ4v) is 2.51. The number of hydrogen-bond donors (Lipinski definition) is 1. The number of nitrogens with zero attached hydrogens (tertiary/aromatic N) is 3. The minimum Gasteiger partial charge on any atom is -0.364 e. The first-order valence-electron chi connectivity index (χ1n) is 5.00. The van der Waals surface area contributed by atoms with Gasteiger partial charge in [-0.15, -0.1) is 11.3 Å². The molecule has 0 bridgehead atoms. The van der Waals surface area contributed by atoms with Gasteiger partial charge in [0.15, 0.2) is 0 Å². The van der Waals surface area contributed by atoms with Gasteiger partial charge < -0.3 is 5.32 Å². The van der Waals surface area contributed by atoms with Crippen LogP contribution < -0.4 is 5.32 Å². The molecule has 0 aliphatic heterocycles. The number of thiazole rings is 1. The zero-order valence-electron chi connectivity index (χ0n) is 9.38. The summed E-state index contributed by atoms with van der Waals surface area (Å²) in [5, 5.41) is 13.7. The standard InChI is InChI=1S/C10H9BrN4O2S/c1-6-9(18-5-14-6)4-13-10-8(11)2-7(3-12-10)15(16)17/h2-3,5H,4H2,1H3,(H,12,13). The molecular weight excluding hydrogens is 320 g/mol. The number of nitrogens with one attached hydrogen (secondary N) is 1. The molecule has 94 valence electrons. The molecular formula is C10H9BrN4O2S. The molecule has 0 unspecified atom stereocenters. The van der Waals surface area contributed by atoms with Crippen LogP contribution in [0.2, 0.25) is 0 Å². The molecule has 0 saturated carbocycles. The minimum absolute atomic E-state index is 0.0404. The Morgan fingerprint density at radius 3 is 2.89 bits per heavy atom. The average Bonchev–Trinajstić information content (AvgIpc) is 2.73. The van der Waals surface area contributed by atoms with Crippen LogP contribution in [0.1, 0.15) is 10.6 Å². The SMILES string of the molecule is Cc1ncsc1CNc1ncc([N+](=O)[O-])cc1Br. The molecule has 2 aromatic rings. The van der Waals surface area contributed by atoms with Crippen molar-refractivity contribution < 1.29 is 4.92 Å². The molecule has 6 nitrogen and oxygen atoms in total. The number of aryl methyl sites for hydroxylation is 1. The summed E-state index contributed by atoms with van der Waals surface area (Å²) in [4.78, 5) is 19.4. The van der Waals surface area contributed by atoms with E-state index in [1.165, 1.54) is 12.3 Å². The van der Waals surface area contributed by atoms with Gasteiger partial charge >= 0.3 is 0 Å². The first-order valence-corrected chi connectivity index (χ1v) is 6.68. The molecule has 2 heterocycles. The lowest BCUT2D eigenvalue weighted by Gasteiger charge is -2.06. The van der Waals surface area contributed by atoms with E-state index in [-0.39, 0.29) is 5.69 Å². The molecule has 0 radical (unpaired) electrons. The third kappa shape index (κ3) is 2.82. The summed E-state index contributed by atoms with van der Waals surface area (Å²) in [6, 6.07) is 1.43. The Hall–Kier alpha value is -1.54. The van der Waals surface area contributed by atoms with E-state index in [9.17, 15) is 10.1 Å². The van der Waals surface area contributed by atoms with Crippen molar-refractivity contribution in [2.45, 2.75) is 13.5 Å². The molecule has 18 heavy (non-hydrogen) atoms. The van der Waals surface area contributed by atoms with Gasteiger partial charge in [-0.3, -0.25) is 10.1 Å². The van der Waals surface area contributed by atoms with Crippen molar-refractivity contribution in [3.05, 3.63) is 42.9 Å². The van der Waals surface area contributed by atoms with Crippen molar-refractivity contribution in [3.63, 3.8) is 0 Å². The zero-order valence-corrected chi connectivity index (χ0v) is 11.8. The Bertz CT molecular complexity index is 587. The average molecular weight is 329 g/mol.